The predicted octanol–water partition coefficient (Wildman–Crippen LogP) is 2.80. The molecule has 0 unspecified atom stereocenters. The molecular weight excluding hydrogens is 495 g/mol. The number of nitrogens with one attached hydrogen (secondary N) is 2. The highest BCUT2D eigenvalue weighted by atomic mass is 127. The number of nitrogens with zero attached hydrogens (tertiary/aromatic N) is 2. The highest BCUT2D eigenvalue weighted by Gasteiger charge is 2.34. The molecule has 8 heteroatoms. The van der Waals surface area contributed by atoms with Gasteiger partial charge in [0.2, 0.25) is 0 Å². The van der Waals surface area contributed by atoms with Gasteiger partial charge in [0.25, 0.3) is 0 Å². The Kier molecular flexibility index (Phi) is 12.6. The van der Waals surface area contributed by atoms with Gasteiger partial charge in [0.15, 0.2) is 5.96 Å². The van der Waals surface area contributed by atoms with E-state index in [4.69, 9.17) is 14.2 Å². The third-order valence-corrected chi connectivity index (χ3v) is 5.54. The molecule has 1 aromatic carbocycles. The average Bonchev–Trinajstić information content (AvgIpc) is 2.73. The molecule has 0 aliphatic carbocycles. The fraction of sp³-hybridized carbons (Fsp3) is 0.682. The van der Waals surface area contributed by atoms with E-state index >= 15 is 0 Å². The van der Waals surface area contributed by atoms with Crippen molar-refractivity contribution < 1.29 is 14.2 Å². The van der Waals surface area contributed by atoms with E-state index in [0.29, 0.717) is 26.4 Å². The number of aryl methyl sites for hydroxylation is 1. The molecule has 0 bridgehead atoms. The third-order valence-electron chi connectivity index (χ3n) is 5.54. The summed E-state index contributed by atoms with van der Waals surface area (Å²) >= 11 is 0. The number of rotatable bonds is 10. The van der Waals surface area contributed by atoms with Gasteiger partial charge in [-0.15, -0.1) is 24.0 Å². The van der Waals surface area contributed by atoms with E-state index in [9.17, 15) is 0 Å². The first-order valence-electron chi connectivity index (χ1n) is 10.5. The highest BCUT2D eigenvalue weighted by Crippen LogP contribution is 2.25. The molecule has 1 aliphatic rings. The normalized spacial score (nSPS) is 16.1. The highest BCUT2D eigenvalue weighted by molar-refractivity contribution is 14.0. The van der Waals surface area contributed by atoms with Crippen molar-refractivity contribution in [2.75, 3.05) is 60.7 Å². The molecule has 0 amide bonds. The van der Waals surface area contributed by atoms with Crippen LogP contribution in [0, 0.1) is 6.92 Å². The molecule has 0 radical (unpaired) electrons. The number of halogens is 1. The van der Waals surface area contributed by atoms with Gasteiger partial charge in [-0.1, -0.05) is 12.1 Å². The molecule has 0 saturated carbocycles. The molecular formula is C22H39IN4O3. The summed E-state index contributed by atoms with van der Waals surface area (Å²) in [4.78, 5) is 6.70. The Balaban J connectivity index is 0.00000450. The zero-order chi connectivity index (χ0) is 21.1. The lowest BCUT2D eigenvalue weighted by Crippen LogP contribution is -2.57. The molecule has 2 rings (SSSR count). The van der Waals surface area contributed by atoms with Crippen LogP contribution in [-0.2, 0) is 16.0 Å². The van der Waals surface area contributed by atoms with E-state index in [0.717, 1.165) is 49.9 Å². The van der Waals surface area contributed by atoms with E-state index < -0.39 is 0 Å². The number of likely N-dealkylation sites (N-methyl/N-ethyl adjacent to an activating group) is 1. The van der Waals surface area contributed by atoms with Gasteiger partial charge in [0.05, 0.1) is 6.61 Å². The van der Waals surface area contributed by atoms with E-state index in [2.05, 4.69) is 59.7 Å². The zero-order valence-electron chi connectivity index (χ0n) is 19.1. The maximum Gasteiger partial charge on any atom is 0.191 e. The summed E-state index contributed by atoms with van der Waals surface area (Å²) < 4.78 is 16.9. The van der Waals surface area contributed by atoms with Crippen molar-refractivity contribution in [1.29, 1.82) is 0 Å². The monoisotopic (exact) mass is 534 g/mol. The Morgan fingerprint density at radius 3 is 2.57 bits per heavy atom. The van der Waals surface area contributed by atoms with E-state index in [1.807, 2.05) is 6.92 Å². The summed E-state index contributed by atoms with van der Waals surface area (Å²) in [6.07, 6.45) is 2.03. The van der Waals surface area contributed by atoms with Crippen LogP contribution in [0.3, 0.4) is 0 Å². The fourth-order valence-electron chi connectivity index (χ4n) is 3.48. The van der Waals surface area contributed by atoms with Gasteiger partial charge in [-0.25, -0.2) is 0 Å². The third kappa shape index (κ3) is 8.20. The number of ether oxygens (including phenoxy) is 3. The number of guanidine groups is 1. The zero-order valence-corrected chi connectivity index (χ0v) is 21.5. The van der Waals surface area contributed by atoms with Crippen molar-refractivity contribution in [2.45, 2.75) is 38.8 Å². The predicted molar refractivity (Wildman–Crippen MR) is 133 cm³/mol. The molecule has 1 fully saturated rings. The van der Waals surface area contributed by atoms with Crippen molar-refractivity contribution in [1.82, 2.24) is 15.5 Å². The molecule has 1 saturated heterocycles. The van der Waals surface area contributed by atoms with Crippen LogP contribution < -0.4 is 15.4 Å². The van der Waals surface area contributed by atoms with Crippen LogP contribution in [0.1, 0.15) is 30.9 Å². The summed E-state index contributed by atoms with van der Waals surface area (Å²) in [6.45, 7) is 8.98. The second-order valence-corrected chi connectivity index (χ2v) is 7.67. The second kappa shape index (κ2) is 14.1. The van der Waals surface area contributed by atoms with Gasteiger partial charge in [-0.3, -0.25) is 4.99 Å². The topological polar surface area (TPSA) is 67.4 Å². The Hall–Kier alpha value is -1.10. The first kappa shape index (κ1) is 26.9. The summed E-state index contributed by atoms with van der Waals surface area (Å²) in [5, 5.41) is 6.92. The lowest BCUT2D eigenvalue weighted by Gasteiger charge is -2.43. The van der Waals surface area contributed by atoms with Gasteiger partial charge in [0, 0.05) is 51.1 Å². The molecule has 2 N–H and O–H groups in total. The van der Waals surface area contributed by atoms with Gasteiger partial charge in [-0.05, 0) is 52.4 Å². The smallest absolute Gasteiger partial charge is 0.191 e. The van der Waals surface area contributed by atoms with E-state index in [-0.39, 0.29) is 29.5 Å². The van der Waals surface area contributed by atoms with Gasteiger partial charge in [0.1, 0.15) is 12.4 Å². The Labute approximate surface area is 199 Å². The Morgan fingerprint density at radius 1 is 1.20 bits per heavy atom. The van der Waals surface area contributed by atoms with Crippen LogP contribution in [0.25, 0.3) is 0 Å². The molecule has 1 aliphatic heterocycles. The standard InChI is InChI=1S/C22H38N4O3.HI/c1-6-27-13-14-29-20-15-18(2)7-8-19(20)16-24-21(23-3)25-17-22(26(4)5)9-11-28-12-10-22;/h7-8,15H,6,9-14,16-17H2,1-5H3,(H2,23,24,25);1H. The van der Waals surface area contributed by atoms with Crippen LogP contribution in [0.4, 0.5) is 0 Å². The SMILES string of the molecule is CCOCCOc1cc(C)ccc1CNC(=NC)NCC1(N(C)C)CCOCC1.I. The number of hydrogen-bond acceptors (Lipinski definition) is 5. The minimum absolute atomic E-state index is 0. The quantitative estimate of drug-likeness (QED) is 0.208. The van der Waals surface area contributed by atoms with Crippen LogP contribution in [0.5, 0.6) is 5.75 Å². The van der Waals surface area contributed by atoms with Gasteiger partial charge in [-0.2, -0.15) is 0 Å². The van der Waals surface area contributed by atoms with Crippen LogP contribution in [-0.4, -0.2) is 77.1 Å². The molecule has 30 heavy (non-hydrogen) atoms. The van der Waals surface area contributed by atoms with Crippen molar-refractivity contribution in [3.63, 3.8) is 0 Å². The van der Waals surface area contributed by atoms with Crippen molar-refractivity contribution in [3.8, 4) is 5.75 Å². The molecule has 0 atom stereocenters. The largest absolute Gasteiger partial charge is 0.491 e. The minimum Gasteiger partial charge on any atom is -0.491 e. The lowest BCUT2D eigenvalue weighted by molar-refractivity contribution is -0.00501. The van der Waals surface area contributed by atoms with E-state index in [1.54, 1.807) is 7.05 Å². The maximum absolute atomic E-state index is 5.94. The molecule has 0 aromatic heterocycles. The molecule has 0 spiro atoms. The van der Waals surface area contributed by atoms with Crippen LogP contribution in [0.2, 0.25) is 0 Å². The molecule has 1 heterocycles. The van der Waals surface area contributed by atoms with Crippen molar-refractivity contribution >= 4 is 29.9 Å². The Morgan fingerprint density at radius 2 is 1.93 bits per heavy atom. The summed E-state index contributed by atoms with van der Waals surface area (Å²) in [5.74, 6) is 1.68. The van der Waals surface area contributed by atoms with Gasteiger partial charge >= 0.3 is 0 Å². The fourth-order valence-corrected chi connectivity index (χ4v) is 3.48. The van der Waals surface area contributed by atoms with Crippen molar-refractivity contribution in [2.24, 2.45) is 4.99 Å². The summed E-state index contributed by atoms with van der Waals surface area (Å²) in [7, 11) is 6.08. The number of aliphatic imine (C=N–C) groups is 1. The summed E-state index contributed by atoms with van der Waals surface area (Å²) in [6, 6.07) is 6.28. The Bertz CT molecular complexity index is 649. The van der Waals surface area contributed by atoms with Crippen molar-refractivity contribution in [3.05, 3.63) is 29.3 Å². The average molecular weight is 534 g/mol. The van der Waals surface area contributed by atoms with Crippen LogP contribution >= 0.6 is 24.0 Å². The first-order chi connectivity index (χ1) is 14.0. The lowest BCUT2D eigenvalue weighted by atomic mass is 9.88. The number of benzene rings is 1. The minimum atomic E-state index is 0. The van der Waals surface area contributed by atoms with Crippen LogP contribution in [0.15, 0.2) is 23.2 Å². The van der Waals surface area contributed by atoms with Gasteiger partial charge < -0.3 is 29.7 Å². The van der Waals surface area contributed by atoms with E-state index in [1.165, 1.54) is 5.56 Å². The second-order valence-electron chi connectivity index (χ2n) is 7.67. The maximum atomic E-state index is 5.94. The first-order valence-corrected chi connectivity index (χ1v) is 10.5. The molecule has 172 valence electrons. The number of hydrogen-bond donors (Lipinski definition) is 2. The molecule has 1 aromatic rings. The molecule has 7 nitrogen and oxygen atoms in total. The summed E-state index contributed by atoms with van der Waals surface area (Å²) in [5.41, 5.74) is 2.37.